The van der Waals surface area contributed by atoms with Crippen LogP contribution in [0.1, 0.15) is 29.9 Å². The number of hydrogen-bond acceptors (Lipinski definition) is 5. The van der Waals surface area contributed by atoms with Crippen molar-refractivity contribution >= 4 is 32.6 Å². The molecular weight excluding hydrogens is 346 g/mol. The monoisotopic (exact) mass is 371 g/mol. The van der Waals surface area contributed by atoms with Gasteiger partial charge in [0.25, 0.3) is 5.91 Å². The number of carbonyl (C=O) groups is 1. The maximum absolute atomic E-state index is 13.2. The highest BCUT2D eigenvalue weighted by molar-refractivity contribution is 7.22. The van der Waals surface area contributed by atoms with Gasteiger partial charge in [0.05, 0.1) is 10.2 Å². The van der Waals surface area contributed by atoms with E-state index >= 15 is 0 Å². The zero-order valence-electron chi connectivity index (χ0n) is 15.8. The fourth-order valence-electron chi connectivity index (χ4n) is 2.98. The molecule has 2 aromatic heterocycles. The van der Waals surface area contributed by atoms with Crippen LogP contribution in [-0.2, 0) is 7.05 Å². The Bertz CT molecular complexity index is 896. The number of nitrogens with zero attached hydrogens (tertiary/aromatic N) is 5. The van der Waals surface area contributed by atoms with Crippen LogP contribution in [0.4, 0.5) is 5.13 Å². The molecule has 7 heteroatoms. The summed E-state index contributed by atoms with van der Waals surface area (Å²) in [5, 5.41) is 4.88. The van der Waals surface area contributed by atoms with E-state index in [9.17, 15) is 4.79 Å². The molecule has 0 fully saturated rings. The van der Waals surface area contributed by atoms with Gasteiger partial charge >= 0.3 is 0 Å². The molecule has 3 rings (SSSR count). The molecule has 0 N–H and O–H groups in total. The molecule has 0 unspecified atom stereocenters. The molecule has 1 amide bonds. The van der Waals surface area contributed by atoms with Gasteiger partial charge in [-0.05, 0) is 37.7 Å². The summed E-state index contributed by atoms with van der Waals surface area (Å²) in [7, 11) is 1.79. The Labute approximate surface area is 158 Å². The van der Waals surface area contributed by atoms with Gasteiger partial charge < -0.3 is 4.90 Å². The Morgan fingerprint density at radius 3 is 2.58 bits per heavy atom. The van der Waals surface area contributed by atoms with Crippen molar-refractivity contribution in [3.63, 3.8) is 0 Å². The van der Waals surface area contributed by atoms with Gasteiger partial charge in [0.15, 0.2) is 5.13 Å². The topological polar surface area (TPSA) is 54.3 Å². The summed E-state index contributed by atoms with van der Waals surface area (Å²) in [5.74, 6) is -0.0612. The van der Waals surface area contributed by atoms with Crippen molar-refractivity contribution in [1.29, 1.82) is 0 Å². The molecular formula is C19H25N5OS. The number of hydrogen-bond donors (Lipinski definition) is 0. The highest BCUT2D eigenvalue weighted by Crippen LogP contribution is 2.31. The van der Waals surface area contributed by atoms with Crippen LogP contribution in [0, 0.1) is 6.92 Å². The van der Waals surface area contributed by atoms with Crippen molar-refractivity contribution in [3.8, 4) is 0 Å². The van der Waals surface area contributed by atoms with Gasteiger partial charge in [-0.15, -0.1) is 0 Å². The molecule has 3 aromatic rings. The second-order valence-electron chi connectivity index (χ2n) is 6.24. The van der Waals surface area contributed by atoms with Crippen molar-refractivity contribution in [1.82, 2.24) is 19.7 Å². The van der Waals surface area contributed by atoms with Gasteiger partial charge in [-0.1, -0.05) is 37.3 Å². The minimum absolute atomic E-state index is 0.0612. The van der Waals surface area contributed by atoms with E-state index in [-0.39, 0.29) is 5.91 Å². The van der Waals surface area contributed by atoms with Crippen molar-refractivity contribution in [2.45, 2.75) is 20.8 Å². The smallest absolute Gasteiger partial charge is 0.278 e. The number of likely N-dealkylation sites (N-methyl/N-ethyl adjacent to an activating group) is 1. The van der Waals surface area contributed by atoms with E-state index in [4.69, 9.17) is 4.98 Å². The van der Waals surface area contributed by atoms with Crippen LogP contribution >= 0.6 is 11.3 Å². The lowest BCUT2D eigenvalue weighted by Crippen LogP contribution is -2.39. The number of aromatic nitrogens is 3. The molecule has 0 radical (unpaired) electrons. The molecule has 0 saturated carbocycles. The first-order valence-electron chi connectivity index (χ1n) is 8.93. The van der Waals surface area contributed by atoms with Gasteiger partial charge in [0.1, 0.15) is 5.69 Å². The molecule has 0 aliphatic heterocycles. The molecule has 0 saturated heterocycles. The van der Waals surface area contributed by atoms with Crippen LogP contribution in [0.5, 0.6) is 0 Å². The number of anilines is 1. The minimum atomic E-state index is -0.0612. The lowest BCUT2D eigenvalue weighted by atomic mass is 10.2. The predicted octanol–water partition coefficient (Wildman–Crippen LogP) is 3.33. The summed E-state index contributed by atoms with van der Waals surface area (Å²) in [4.78, 5) is 22.1. The Hall–Kier alpha value is -2.25. The van der Waals surface area contributed by atoms with Crippen molar-refractivity contribution in [2.24, 2.45) is 7.05 Å². The lowest BCUT2D eigenvalue weighted by molar-refractivity contribution is 0.0974. The van der Waals surface area contributed by atoms with Gasteiger partial charge in [0.2, 0.25) is 0 Å². The molecule has 0 aliphatic rings. The van der Waals surface area contributed by atoms with E-state index in [1.54, 1.807) is 40.2 Å². The molecule has 2 heterocycles. The highest BCUT2D eigenvalue weighted by atomic mass is 32.1. The molecule has 1 aromatic carbocycles. The fourth-order valence-corrected chi connectivity index (χ4v) is 4.05. The molecule has 0 aliphatic carbocycles. The first-order chi connectivity index (χ1) is 12.5. The SMILES string of the molecule is CCN(CC)CCN(C(=O)c1ccnn1C)c1nc2c(C)cccc2s1. The molecule has 26 heavy (non-hydrogen) atoms. The average molecular weight is 372 g/mol. The third-order valence-electron chi connectivity index (χ3n) is 4.66. The predicted molar refractivity (Wildman–Crippen MR) is 107 cm³/mol. The maximum atomic E-state index is 13.2. The minimum Gasteiger partial charge on any atom is -0.302 e. The summed E-state index contributed by atoms with van der Waals surface area (Å²) in [6.45, 7) is 9.66. The van der Waals surface area contributed by atoms with Crippen LogP contribution in [0.3, 0.4) is 0 Å². The Morgan fingerprint density at radius 1 is 1.19 bits per heavy atom. The van der Waals surface area contributed by atoms with Crippen LogP contribution < -0.4 is 4.90 Å². The lowest BCUT2D eigenvalue weighted by Gasteiger charge is -2.24. The third kappa shape index (κ3) is 3.64. The molecule has 0 spiro atoms. The first kappa shape index (κ1) is 18.5. The van der Waals surface area contributed by atoms with Gasteiger partial charge in [-0.2, -0.15) is 5.10 Å². The van der Waals surface area contributed by atoms with E-state index in [1.807, 2.05) is 6.07 Å². The largest absolute Gasteiger partial charge is 0.302 e. The van der Waals surface area contributed by atoms with E-state index in [1.165, 1.54) is 0 Å². The average Bonchev–Trinajstić information content (AvgIpc) is 3.25. The standard InChI is InChI=1S/C19H25N5OS/c1-5-23(6-2)12-13-24(18(25)15-10-11-20-22(15)4)19-21-17-14(3)8-7-9-16(17)26-19/h7-11H,5-6,12-13H2,1-4H3. The molecule has 0 atom stereocenters. The van der Waals surface area contributed by atoms with Gasteiger partial charge in [-0.3, -0.25) is 14.4 Å². The van der Waals surface area contributed by atoms with Crippen molar-refractivity contribution in [3.05, 3.63) is 41.7 Å². The first-order valence-corrected chi connectivity index (χ1v) is 9.75. The second-order valence-corrected chi connectivity index (χ2v) is 7.25. The van der Waals surface area contributed by atoms with Gasteiger partial charge in [0, 0.05) is 26.3 Å². The molecule has 0 bridgehead atoms. The van der Waals surface area contributed by atoms with Gasteiger partial charge in [-0.25, -0.2) is 4.98 Å². The summed E-state index contributed by atoms with van der Waals surface area (Å²) in [6, 6.07) is 7.89. The number of para-hydroxylation sites is 1. The third-order valence-corrected chi connectivity index (χ3v) is 5.70. The van der Waals surface area contributed by atoms with E-state index in [2.05, 4.69) is 42.9 Å². The van der Waals surface area contributed by atoms with E-state index in [0.717, 1.165) is 40.5 Å². The maximum Gasteiger partial charge on any atom is 0.278 e. The zero-order chi connectivity index (χ0) is 18.7. The fraction of sp³-hybridized carbons (Fsp3) is 0.421. The molecule has 138 valence electrons. The van der Waals surface area contributed by atoms with Crippen LogP contribution in [0.25, 0.3) is 10.2 Å². The van der Waals surface area contributed by atoms with Crippen LogP contribution in [0.15, 0.2) is 30.5 Å². The number of amides is 1. The number of fused-ring (bicyclic) bond motifs is 1. The number of carbonyl (C=O) groups excluding carboxylic acids is 1. The number of benzene rings is 1. The van der Waals surface area contributed by atoms with Crippen molar-refractivity contribution < 1.29 is 4.79 Å². The number of aryl methyl sites for hydroxylation is 2. The summed E-state index contributed by atoms with van der Waals surface area (Å²) >= 11 is 1.56. The van der Waals surface area contributed by atoms with Crippen LogP contribution in [0.2, 0.25) is 0 Å². The van der Waals surface area contributed by atoms with E-state index < -0.39 is 0 Å². The summed E-state index contributed by atoms with van der Waals surface area (Å²) in [5.41, 5.74) is 2.67. The summed E-state index contributed by atoms with van der Waals surface area (Å²) < 4.78 is 2.72. The highest BCUT2D eigenvalue weighted by Gasteiger charge is 2.24. The van der Waals surface area contributed by atoms with E-state index in [0.29, 0.717) is 12.2 Å². The Kier molecular flexibility index (Phi) is 5.68. The number of rotatable bonds is 7. The zero-order valence-corrected chi connectivity index (χ0v) is 16.6. The Morgan fingerprint density at radius 2 is 1.96 bits per heavy atom. The second kappa shape index (κ2) is 7.97. The van der Waals surface area contributed by atoms with Crippen molar-refractivity contribution in [2.75, 3.05) is 31.1 Å². The molecule has 6 nitrogen and oxygen atoms in total. The quantitative estimate of drug-likeness (QED) is 0.639. The normalized spacial score (nSPS) is 11.4. The van der Waals surface area contributed by atoms with Crippen LogP contribution in [-0.4, -0.2) is 51.8 Å². The number of thiazole rings is 1. The Balaban J connectivity index is 1.97. The summed E-state index contributed by atoms with van der Waals surface area (Å²) in [6.07, 6.45) is 1.65.